The Labute approximate surface area is 121 Å². The fourth-order valence-electron chi connectivity index (χ4n) is 1.75. The molecule has 0 amide bonds. The molecule has 1 aromatic rings. The number of hydrogen-bond donors (Lipinski definition) is 1. The summed E-state index contributed by atoms with van der Waals surface area (Å²) in [5, 5.41) is 0. The van der Waals surface area contributed by atoms with E-state index >= 15 is 0 Å². The van der Waals surface area contributed by atoms with Gasteiger partial charge in [-0.3, -0.25) is 4.79 Å². The number of benzene rings is 1. The van der Waals surface area contributed by atoms with E-state index in [-0.39, 0.29) is 22.8 Å². The molecule has 20 heavy (non-hydrogen) atoms. The van der Waals surface area contributed by atoms with Crippen molar-refractivity contribution in [2.75, 3.05) is 25.1 Å². The van der Waals surface area contributed by atoms with Crippen molar-refractivity contribution in [1.29, 1.82) is 0 Å². The molecule has 0 aliphatic rings. The molecule has 1 aromatic carbocycles. The van der Waals surface area contributed by atoms with Gasteiger partial charge in [-0.25, -0.2) is 8.78 Å². The third-order valence-corrected chi connectivity index (χ3v) is 2.93. The van der Waals surface area contributed by atoms with E-state index in [1.165, 1.54) is 24.1 Å². The van der Waals surface area contributed by atoms with Gasteiger partial charge >= 0.3 is 5.97 Å². The number of esters is 1. The lowest BCUT2D eigenvalue weighted by atomic mass is 10.1. The minimum absolute atomic E-state index is 0.0187. The molecule has 0 unspecified atom stereocenters. The van der Waals surface area contributed by atoms with Crippen molar-refractivity contribution in [2.24, 2.45) is 5.73 Å². The number of ether oxygens (including phenoxy) is 1. The Morgan fingerprint density at radius 2 is 2.05 bits per heavy atom. The van der Waals surface area contributed by atoms with Crippen molar-refractivity contribution in [1.82, 2.24) is 0 Å². The monoisotopic (exact) mass is 302 g/mol. The van der Waals surface area contributed by atoms with Crippen LogP contribution in [0.15, 0.2) is 12.1 Å². The number of thiocarbonyl (C=S) groups is 1. The van der Waals surface area contributed by atoms with Gasteiger partial charge in [-0.05, 0) is 18.6 Å². The fraction of sp³-hybridized carbons (Fsp3) is 0.385. The number of hydrogen-bond acceptors (Lipinski definition) is 4. The van der Waals surface area contributed by atoms with Crippen molar-refractivity contribution in [3.63, 3.8) is 0 Å². The molecule has 110 valence electrons. The zero-order chi connectivity index (χ0) is 15.3. The van der Waals surface area contributed by atoms with Gasteiger partial charge in [0, 0.05) is 12.1 Å². The molecule has 2 N–H and O–H groups in total. The Morgan fingerprint density at radius 3 is 2.55 bits per heavy atom. The third-order valence-electron chi connectivity index (χ3n) is 2.71. The van der Waals surface area contributed by atoms with Crippen LogP contribution in [-0.4, -0.2) is 31.2 Å². The van der Waals surface area contributed by atoms with Crippen LogP contribution in [0.4, 0.5) is 14.5 Å². The Bertz CT molecular complexity index is 523. The molecule has 0 aliphatic heterocycles. The van der Waals surface area contributed by atoms with Crippen LogP contribution in [0.5, 0.6) is 0 Å². The van der Waals surface area contributed by atoms with Crippen molar-refractivity contribution < 1.29 is 18.3 Å². The number of rotatable bonds is 6. The molecule has 0 fully saturated rings. The van der Waals surface area contributed by atoms with Gasteiger partial charge in [-0.15, -0.1) is 0 Å². The fourth-order valence-corrected chi connectivity index (χ4v) is 1.91. The summed E-state index contributed by atoms with van der Waals surface area (Å²) in [5.74, 6) is -2.72. The number of carbonyl (C=O) groups excluding carboxylic acids is 1. The SMILES string of the molecule is CCCN(CC(=O)OC)c1ccc(C(N)=S)c(F)c1F. The van der Waals surface area contributed by atoms with Crippen LogP contribution in [0.25, 0.3) is 0 Å². The normalized spacial score (nSPS) is 10.2. The Kier molecular flexibility index (Phi) is 5.82. The van der Waals surface area contributed by atoms with E-state index in [0.717, 1.165) is 0 Å². The summed E-state index contributed by atoms with van der Waals surface area (Å²) in [6.07, 6.45) is 0.662. The predicted octanol–water partition coefficient (Wildman–Crippen LogP) is 1.99. The van der Waals surface area contributed by atoms with Crippen LogP contribution in [0.3, 0.4) is 0 Å². The highest BCUT2D eigenvalue weighted by Gasteiger charge is 2.20. The molecule has 0 saturated carbocycles. The molecule has 0 atom stereocenters. The minimum atomic E-state index is -1.11. The highest BCUT2D eigenvalue weighted by atomic mass is 32.1. The van der Waals surface area contributed by atoms with Crippen LogP contribution in [-0.2, 0) is 9.53 Å². The van der Waals surface area contributed by atoms with E-state index in [1.54, 1.807) is 0 Å². The largest absolute Gasteiger partial charge is 0.468 e. The molecule has 0 radical (unpaired) electrons. The van der Waals surface area contributed by atoms with Crippen molar-refractivity contribution in [3.05, 3.63) is 29.3 Å². The number of nitrogens with zero attached hydrogens (tertiary/aromatic N) is 1. The first-order valence-corrected chi connectivity index (χ1v) is 6.42. The van der Waals surface area contributed by atoms with E-state index in [2.05, 4.69) is 17.0 Å². The molecular formula is C13H16F2N2O2S. The van der Waals surface area contributed by atoms with Crippen LogP contribution in [0, 0.1) is 11.6 Å². The first-order valence-electron chi connectivity index (χ1n) is 6.01. The maximum Gasteiger partial charge on any atom is 0.325 e. The predicted molar refractivity (Wildman–Crippen MR) is 76.8 cm³/mol. The summed E-state index contributed by atoms with van der Waals surface area (Å²) in [6.45, 7) is 2.09. The van der Waals surface area contributed by atoms with Gasteiger partial charge in [-0.1, -0.05) is 19.1 Å². The van der Waals surface area contributed by atoms with Crippen molar-refractivity contribution in [2.45, 2.75) is 13.3 Å². The summed E-state index contributed by atoms with van der Waals surface area (Å²) < 4.78 is 32.5. The zero-order valence-electron chi connectivity index (χ0n) is 11.3. The maximum atomic E-state index is 14.1. The van der Waals surface area contributed by atoms with Gasteiger partial charge in [0.05, 0.1) is 12.8 Å². The second-order valence-corrected chi connectivity index (χ2v) is 4.56. The topological polar surface area (TPSA) is 55.6 Å². The summed E-state index contributed by atoms with van der Waals surface area (Å²) in [5.41, 5.74) is 5.13. The molecule has 0 heterocycles. The van der Waals surface area contributed by atoms with Crippen LogP contribution in [0.1, 0.15) is 18.9 Å². The van der Waals surface area contributed by atoms with Crippen molar-refractivity contribution >= 4 is 28.9 Å². The number of methoxy groups -OCH3 is 1. The van der Waals surface area contributed by atoms with Crippen LogP contribution in [0.2, 0.25) is 0 Å². The average Bonchev–Trinajstić information content (AvgIpc) is 2.40. The quantitative estimate of drug-likeness (QED) is 0.643. The van der Waals surface area contributed by atoms with Crippen LogP contribution < -0.4 is 10.6 Å². The van der Waals surface area contributed by atoms with E-state index < -0.39 is 17.6 Å². The Morgan fingerprint density at radius 1 is 1.40 bits per heavy atom. The van der Waals surface area contributed by atoms with Gasteiger partial charge in [0.2, 0.25) is 0 Å². The summed E-state index contributed by atoms with van der Waals surface area (Å²) >= 11 is 4.64. The Hall–Kier alpha value is -1.76. The van der Waals surface area contributed by atoms with Gasteiger partial charge < -0.3 is 15.4 Å². The molecule has 0 spiro atoms. The molecule has 0 bridgehead atoms. The highest BCUT2D eigenvalue weighted by molar-refractivity contribution is 7.80. The van der Waals surface area contributed by atoms with Gasteiger partial charge in [0.1, 0.15) is 11.5 Å². The number of nitrogens with two attached hydrogens (primary N) is 1. The second-order valence-electron chi connectivity index (χ2n) is 4.12. The molecule has 1 rings (SSSR count). The summed E-state index contributed by atoms with van der Waals surface area (Å²) in [7, 11) is 1.24. The van der Waals surface area contributed by atoms with E-state index in [4.69, 9.17) is 5.73 Å². The van der Waals surface area contributed by atoms with E-state index in [9.17, 15) is 13.6 Å². The lowest BCUT2D eigenvalue weighted by molar-refractivity contribution is -0.138. The standard InChI is InChI=1S/C13H16F2N2O2S/c1-3-6-17(7-10(18)19-2)9-5-4-8(13(16)20)11(14)12(9)15/h4-5H,3,6-7H2,1-2H3,(H2,16,20). The lowest BCUT2D eigenvalue weighted by Crippen LogP contribution is -2.32. The van der Waals surface area contributed by atoms with Crippen molar-refractivity contribution in [3.8, 4) is 0 Å². The average molecular weight is 302 g/mol. The molecule has 4 nitrogen and oxygen atoms in total. The molecule has 0 aliphatic carbocycles. The zero-order valence-corrected chi connectivity index (χ0v) is 12.1. The first kappa shape index (κ1) is 16.3. The lowest BCUT2D eigenvalue weighted by Gasteiger charge is -2.24. The minimum Gasteiger partial charge on any atom is -0.468 e. The number of anilines is 1. The second kappa shape index (κ2) is 7.14. The number of halogens is 2. The number of carbonyl (C=O) groups is 1. The third kappa shape index (κ3) is 3.63. The Balaban J connectivity index is 3.17. The van der Waals surface area contributed by atoms with E-state index in [1.807, 2.05) is 6.92 Å². The highest BCUT2D eigenvalue weighted by Crippen LogP contribution is 2.24. The van der Waals surface area contributed by atoms with Gasteiger partial charge in [0.25, 0.3) is 0 Å². The van der Waals surface area contributed by atoms with Gasteiger partial charge in [-0.2, -0.15) is 0 Å². The maximum absolute atomic E-state index is 14.1. The first-order chi connectivity index (χ1) is 9.42. The molecule has 0 saturated heterocycles. The smallest absolute Gasteiger partial charge is 0.325 e. The summed E-state index contributed by atoms with van der Waals surface area (Å²) in [6, 6.07) is 2.65. The van der Waals surface area contributed by atoms with E-state index in [0.29, 0.717) is 13.0 Å². The molecular weight excluding hydrogens is 286 g/mol. The molecule has 7 heteroatoms. The van der Waals surface area contributed by atoms with Crippen LogP contribution >= 0.6 is 12.2 Å². The summed E-state index contributed by atoms with van der Waals surface area (Å²) in [4.78, 5) is 12.5. The molecule has 0 aromatic heterocycles. The van der Waals surface area contributed by atoms with Gasteiger partial charge in [0.15, 0.2) is 11.6 Å².